The molecular formula is C13H12F2N2O. The van der Waals surface area contributed by atoms with Crippen LogP contribution in [-0.4, -0.2) is 11.6 Å². The molecule has 3 nitrogen and oxygen atoms in total. The molecule has 0 amide bonds. The van der Waals surface area contributed by atoms with Gasteiger partial charge in [-0.2, -0.15) is 8.78 Å². The predicted octanol–water partition coefficient (Wildman–Crippen LogP) is 2.73. The van der Waals surface area contributed by atoms with Crippen LogP contribution in [0.2, 0.25) is 0 Å². The number of hydrogen-bond acceptors (Lipinski definition) is 3. The predicted molar refractivity (Wildman–Crippen MR) is 63.3 cm³/mol. The quantitative estimate of drug-likeness (QED) is 0.907. The number of pyridine rings is 1. The second-order valence-electron chi connectivity index (χ2n) is 3.72. The maximum absolute atomic E-state index is 12.1. The maximum atomic E-state index is 12.1. The minimum atomic E-state index is -2.84. The van der Waals surface area contributed by atoms with E-state index in [0.29, 0.717) is 5.56 Å². The average Bonchev–Trinajstić information content (AvgIpc) is 2.38. The van der Waals surface area contributed by atoms with Crippen molar-refractivity contribution in [2.45, 2.75) is 12.7 Å². The Hall–Kier alpha value is -2.01. The summed E-state index contributed by atoms with van der Waals surface area (Å²) in [5, 5.41) is 0. The van der Waals surface area contributed by atoms with Crippen LogP contribution in [0.5, 0.6) is 5.75 Å². The lowest BCUT2D eigenvalue weighted by Gasteiger charge is -2.13. The third-order valence-electron chi connectivity index (χ3n) is 2.49. The summed E-state index contributed by atoms with van der Waals surface area (Å²) < 4.78 is 28.6. The van der Waals surface area contributed by atoms with E-state index in [9.17, 15) is 8.78 Å². The molecule has 0 spiro atoms. The second kappa shape index (κ2) is 5.55. The molecule has 0 aliphatic carbocycles. The molecule has 2 N–H and O–H groups in total. The van der Waals surface area contributed by atoms with Crippen molar-refractivity contribution in [2.75, 3.05) is 0 Å². The monoisotopic (exact) mass is 250 g/mol. The van der Waals surface area contributed by atoms with Gasteiger partial charge in [-0.15, -0.1) is 0 Å². The summed E-state index contributed by atoms with van der Waals surface area (Å²) in [7, 11) is 0. The van der Waals surface area contributed by atoms with Gasteiger partial charge in [-0.3, -0.25) is 4.98 Å². The van der Waals surface area contributed by atoms with Crippen LogP contribution in [0.3, 0.4) is 0 Å². The van der Waals surface area contributed by atoms with Crippen LogP contribution in [0.25, 0.3) is 0 Å². The van der Waals surface area contributed by atoms with E-state index in [1.807, 2.05) is 6.07 Å². The van der Waals surface area contributed by atoms with Gasteiger partial charge in [-0.05, 0) is 29.3 Å². The van der Waals surface area contributed by atoms with Gasteiger partial charge in [0.05, 0.1) is 6.04 Å². The summed E-state index contributed by atoms with van der Waals surface area (Å²) >= 11 is 0. The van der Waals surface area contributed by atoms with Crippen LogP contribution < -0.4 is 10.5 Å². The zero-order chi connectivity index (χ0) is 13.0. The zero-order valence-corrected chi connectivity index (χ0v) is 9.46. The van der Waals surface area contributed by atoms with E-state index in [1.165, 1.54) is 12.1 Å². The zero-order valence-electron chi connectivity index (χ0n) is 9.46. The Bertz CT molecular complexity index is 505. The first kappa shape index (κ1) is 12.4. The Morgan fingerprint density at radius 2 is 1.89 bits per heavy atom. The van der Waals surface area contributed by atoms with E-state index >= 15 is 0 Å². The summed E-state index contributed by atoms with van der Waals surface area (Å²) in [5.41, 5.74) is 7.54. The molecule has 0 bridgehead atoms. The summed E-state index contributed by atoms with van der Waals surface area (Å²) in [4.78, 5) is 3.97. The minimum Gasteiger partial charge on any atom is -0.435 e. The van der Waals surface area contributed by atoms with E-state index in [0.717, 1.165) is 5.56 Å². The first-order chi connectivity index (χ1) is 8.66. The third-order valence-corrected chi connectivity index (χ3v) is 2.49. The molecule has 1 atom stereocenters. The third kappa shape index (κ3) is 3.01. The minimum absolute atomic E-state index is 0.0989. The van der Waals surface area contributed by atoms with Crippen molar-refractivity contribution >= 4 is 0 Å². The number of hydrogen-bond donors (Lipinski definition) is 1. The van der Waals surface area contributed by atoms with Gasteiger partial charge < -0.3 is 10.5 Å². The van der Waals surface area contributed by atoms with Crippen LogP contribution in [-0.2, 0) is 0 Å². The molecule has 0 aliphatic heterocycles. The Balaban J connectivity index is 2.23. The molecule has 94 valence electrons. The Morgan fingerprint density at radius 3 is 2.56 bits per heavy atom. The van der Waals surface area contributed by atoms with Crippen molar-refractivity contribution in [1.82, 2.24) is 4.98 Å². The summed E-state index contributed by atoms with van der Waals surface area (Å²) in [6.07, 6.45) is 3.29. The molecule has 1 aromatic heterocycles. The molecule has 0 radical (unpaired) electrons. The number of alkyl halides is 2. The molecule has 0 saturated heterocycles. The first-order valence-electron chi connectivity index (χ1n) is 5.37. The van der Waals surface area contributed by atoms with Crippen molar-refractivity contribution in [3.05, 3.63) is 59.9 Å². The summed E-state index contributed by atoms with van der Waals surface area (Å²) in [6, 6.07) is 9.54. The molecule has 2 rings (SSSR count). The molecule has 0 fully saturated rings. The van der Waals surface area contributed by atoms with E-state index in [4.69, 9.17) is 5.73 Å². The van der Waals surface area contributed by atoms with E-state index < -0.39 is 12.7 Å². The Labute approximate surface area is 103 Å². The highest BCUT2D eigenvalue weighted by Gasteiger charge is 2.11. The van der Waals surface area contributed by atoms with Crippen LogP contribution in [0, 0.1) is 0 Å². The maximum Gasteiger partial charge on any atom is 0.387 e. The highest BCUT2D eigenvalue weighted by molar-refractivity contribution is 5.35. The fourth-order valence-corrected chi connectivity index (χ4v) is 1.64. The van der Waals surface area contributed by atoms with E-state index in [2.05, 4.69) is 9.72 Å². The fraction of sp³-hybridized carbons (Fsp3) is 0.154. The van der Waals surface area contributed by atoms with Gasteiger partial charge in [0, 0.05) is 12.4 Å². The van der Waals surface area contributed by atoms with Crippen molar-refractivity contribution in [2.24, 2.45) is 5.73 Å². The number of halogens is 2. The van der Waals surface area contributed by atoms with Crippen molar-refractivity contribution < 1.29 is 13.5 Å². The normalized spacial score (nSPS) is 12.4. The number of ether oxygens (including phenoxy) is 1. The van der Waals surface area contributed by atoms with Gasteiger partial charge in [0.2, 0.25) is 0 Å². The number of rotatable bonds is 4. The molecule has 5 heteroatoms. The van der Waals surface area contributed by atoms with Crippen molar-refractivity contribution in [3.63, 3.8) is 0 Å². The fourth-order valence-electron chi connectivity index (χ4n) is 1.64. The van der Waals surface area contributed by atoms with Gasteiger partial charge in [0.1, 0.15) is 5.75 Å². The highest BCUT2D eigenvalue weighted by Crippen LogP contribution is 2.23. The van der Waals surface area contributed by atoms with Crippen LogP contribution in [0.4, 0.5) is 8.78 Å². The number of nitrogens with two attached hydrogens (primary N) is 1. The molecule has 0 aliphatic rings. The summed E-state index contributed by atoms with van der Waals surface area (Å²) in [5.74, 6) is 0.0989. The molecule has 18 heavy (non-hydrogen) atoms. The molecule has 2 aromatic rings. The molecule has 0 saturated carbocycles. The van der Waals surface area contributed by atoms with Crippen molar-refractivity contribution in [3.8, 4) is 5.75 Å². The lowest BCUT2D eigenvalue weighted by atomic mass is 10.0. The van der Waals surface area contributed by atoms with E-state index in [1.54, 1.807) is 30.6 Å². The SMILES string of the molecule is NC(c1cccnc1)c1cccc(OC(F)F)c1. The van der Waals surface area contributed by atoms with Gasteiger partial charge in [0.15, 0.2) is 0 Å². The van der Waals surface area contributed by atoms with Gasteiger partial charge in [0.25, 0.3) is 0 Å². The van der Waals surface area contributed by atoms with Crippen LogP contribution in [0.15, 0.2) is 48.8 Å². The Morgan fingerprint density at radius 1 is 1.11 bits per heavy atom. The van der Waals surface area contributed by atoms with E-state index in [-0.39, 0.29) is 5.75 Å². The molecule has 1 heterocycles. The summed E-state index contributed by atoms with van der Waals surface area (Å²) in [6.45, 7) is -2.84. The average molecular weight is 250 g/mol. The van der Waals surface area contributed by atoms with Crippen LogP contribution in [0.1, 0.15) is 17.2 Å². The molecule has 1 unspecified atom stereocenters. The van der Waals surface area contributed by atoms with Gasteiger partial charge in [-0.25, -0.2) is 0 Å². The Kier molecular flexibility index (Phi) is 3.84. The van der Waals surface area contributed by atoms with Gasteiger partial charge in [-0.1, -0.05) is 18.2 Å². The number of benzene rings is 1. The smallest absolute Gasteiger partial charge is 0.387 e. The lowest BCUT2D eigenvalue weighted by molar-refractivity contribution is -0.0498. The van der Waals surface area contributed by atoms with Crippen molar-refractivity contribution in [1.29, 1.82) is 0 Å². The lowest BCUT2D eigenvalue weighted by Crippen LogP contribution is -2.12. The second-order valence-corrected chi connectivity index (χ2v) is 3.72. The molecular weight excluding hydrogens is 238 g/mol. The largest absolute Gasteiger partial charge is 0.435 e. The topological polar surface area (TPSA) is 48.1 Å². The highest BCUT2D eigenvalue weighted by atomic mass is 19.3. The molecule has 1 aromatic carbocycles. The van der Waals surface area contributed by atoms with Gasteiger partial charge >= 0.3 is 6.61 Å². The standard InChI is InChI=1S/C13H12F2N2O/c14-13(15)18-11-5-1-3-9(7-11)12(16)10-4-2-6-17-8-10/h1-8,12-13H,16H2. The number of aromatic nitrogens is 1. The number of nitrogens with zero attached hydrogens (tertiary/aromatic N) is 1. The first-order valence-corrected chi connectivity index (χ1v) is 5.37. The van der Waals surface area contributed by atoms with Crippen LogP contribution >= 0.6 is 0 Å².